The summed E-state index contributed by atoms with van der Waals surface area (Å²) < 4.78 is 11.6. The van der Waals surface area contributed by atoms with Gasteiger partial charge < -0.3 is 25.0 Å². The van der Waals surface area contributed by atoms with Crippen molar-refractivity contribution < 1.29 is 19.7 Å². The van der Waals surface area contributed by atoms with Gasteiger partial charge in [-0.3, -0.25) is 0 Å². The normalized spacial score (nSPS) is 15.6. The first-order valence-electron chi connectivity index (χ1n) is 9.55. The van der Waals surface area contributed by atoms with Crippen LogP contribution in [-0.2, 0) is 0 Å². The van der Waals surface area contributed by atoms with E-state index in [9.17, 15) is 15.5 Å². The van der Waals surface area contributed by atoms with Crippen LogP contribution in [0.5, 0.6) is 11.6 Å². The number of benzene rings is 1. The largest absolute Gasteiger partial charge is 0.494 e. The minimum atomic E-state index is -1.69. The van der Waals surface area contributed by atoms with Crippen molar-refractivity contribution in [2.24, 2.45) is 0 Å². The predicted molar refractivity (Wildman–Crippen MR) is 109 cm³/mol. The van der Waals surface area contributed by atoms with Crippen molar-refractivity contribution >= 4 is 5.69 Å². The molecule has 7 heteroatoms. The van der Waals surface area contributed by atoms with Gasteiger partial charge in [0.15, 0.2) is 6.29 Å². The summed E-state index contributed by atoms with van der Waals surface area (Å²) in [5, 5.41) is 33.0. The van der Waals surface area contributed by atoms with Crippen molar-refractivity contribution in [2.45, 2.75) is 39.9 Å². The zero-order valence-corrected chi connectivity index (χ0v) is 17.0. The molecule has 7 nitrogen and oxygen atoms in total. The minimum absolute atomic E-state index is 0.386. The van der Waals surface area contributed by atoms with E-state index in [-0.39, 0.29) is 0 Å². The molecule has 0 bridgehead atoms. The minimum Gasteiger partial charge on any atom is -0.494 e. The highest BCUT2D eigenvalue weighted by molar-refractivity contribution is 5.72. The van der Waals surface area contributed by atoms with Crippen molar-refractivity contribution in [1.29, 1.82) is 5.26 Å². The number of hydrogen-bond acceptors (Lipinski definition) is 7. The van der Waals surface area contributed by atoms with Gasteiger partial charge in [0.25, 0.3) is 0 Å². The Bertz CT molecular complexity index is 992. The molecule has 0 saturated heterocycles. The lowest BCUT2D eigenvalue weighted by Crippen LogP contribution is -2.27. The smallest absolute Gasteiger partial charge is 0.219 e. The number of nitrogens with zero attached hydrogens (tertiary/aromatic N) is 2. The second-order valence-electron chi connectivity index (χ2n) is 6.78. The van der Waals surface area contributed by atoms with Crippen LogP contribution in [0.15, 0.2) is 35.7 Å². The molecule has 0 fully saturated rings. The molecule has 0 radical (unpaired) electrons. The molecule has 1 aromatic heterocycles. The lowest BCUT2D eigenvalue weighted by molar-refractivity contribution is -0.0120. The number of pyridine rings is 1. The number of aliphatic hydroxyl groups is 2. The molecule has 1 aliphatic heterocycles. The molecule has 29 heavy (non-hydrogen) atoms. The van der Waals surface area contributed by atoms with Crippen LogP contribution in [0.2, 0.25) is 0 Å². The number of ether oxygens (including phenoxy) is 2. The molecule has 0 aliphatic carbocycles. The van der Waals surface area contributed by atoms with Gasteiger partial charge in [0.1, 0.15) is 5.75 Å². The summed E-state index contributed by atoms with van der Waals surface area (Å²) >= 11 is 0. The van der Waals surface area contributed by atoms with E-state index in [1.54, 1.807) is 31.3 Å². The van der Waals surface area contributed by atoms with Gasteiger partial charge in [-0.15, -0.1) is 0 Å². The number of aromatic nitrogens is 1. The SMILES string of the molecule is CCOc1cc(C#N)ccc1[C@@H]1C(C(O)O)=C(C)Nc2c(C)cnc(OCC)c21. The summed E-state index contributed by atoms with van der Waals surface area (Å²) in [6.07, 6.45) is 0.0322. The van der Waals surface area contributed by atoms with Crippen molar-refractivity contribution in [3.8, 4) is 17.7 Å². The molecule has 0 unspecified atom stereocenters. The fourth-order valence-electron chi connectivity index (χ4n) is 3.71. The lowest BCUT2D eigenvalue weighted by atomic mass is 9.79. The monoisotopic (exact) mass is 395 g/mol. The molecule has 3 N–H and O–H groups in total. The molecule has 2 aromatic rings. The number of aliphatic hydroxyl groups excluding tert-OH is 1. The number of nitrogens with one attached hydrogen (secondary N) is 1. The molecule has 2 heterocycles. The fourth-order valence-corrected chi connectivity index (χ4v) is 3.71. The highest BCUT2D eigenvalue weighted by Gasteiger charge is 2.37. The number of nitriles is 1. The first-order valence-corrected chi connectivity index (χ1v) is 9.55. The second kappa shape index (κ2) is 8.52. The lowest BCUT2D eigenvalue weighted by Gasteiger charge is -2.34. The number of rotatable bonds is 6. The third-order valence-corrected chi connectivity index (χ3v) is 4.93. The maximum atomic E-state index is 10.2. The molecule has 1 atom stereocenters. The Morgan fingerprint density at radius 1 is 1.21 bits per heavy atom. The van der Waals surface area contributed by atoms with Crippen LogP contribution < -0.4 is 14.8 Å². The van der Waals surface area contributed by atoms with Gasteiger partial charge in [0.2, 0.25) is 5.88 Å². The highest BCUT2D eigenvalue weighted by atomic mass is 16.5. The zero-order chi connectivity index (χ0) is 21.1. The average Bonchev–Trinajstić information content (AvgIpc) is 2.69. The first-order chi connectivity index (χ1) is 13.9. The maximum absolute atomic E-state index is 10.2. The van der Waals surface area contributed by atoms with Crippen molar-refractivity contribution in [3.05, 3.63) is 57.9 Å². The van der Waals surface area contributed by atoms with E-state index in [0.29, 0.717) is 52.8 Å². The molecule has 152 valence electrons. The Balaban J connectivity index is 2.35. The van der Waals surface area contributed by atoms with Crippen LogP contribution >= 0.6 is 0 Å². The quantitative estimate of drug-likeness (QED) is 0.645. The Morgan fingerprint density at radius 3 is 2.55 bits per heavy atom. The topological polar surface area (TPSA) is 108 Å². The van der Waals surface area contributed by atoms with Crippen LogP contribution in [0.25, 0.3) is 0 Å². The number of fused-ring (bicyclic) bond motifs is 1. The van der Waals surface area contributed by atoms with Gasteiger partial charge >= 0.3 is 0 Å². The molecule has 1 aliphatic rings. The van der Waals surface area contributed by atoms with Gasteiger partial charge in [-0.2, -0.15) is 5.26 Å². The molecule has 1 aromatic carbocycles. The van der Waals surface area contributed by atoms with E-state index in [2.05, 4.69) is 16.4 Å². The van der Waals surface area contributed by atoms with E-state index in [4.69, 9.17) is 9.47 Å². The second-order valence-corrected chi connectivity index (χ2v) is 6.78. The van der Waals surface area contributed by atoms with E-state index >= 15 is 0 Å². The molecule has 3 rings (SSSR count). The highest BCUT2D eigenvalue weighted by Crippen LogP contribution is 2.49. The predicted octanol–water partition coefficient (Wildman–Crippen LogP) is 3.20. The molecule has 0 saturated carbocycles. The Hall–Kier alpha value is -3.08. The van der Waals surface area contributed by atoms with Gasteiger partial charge in [-0.05, 0) is 45.4 Å². The van der Waals surface area contributed by atoms with E-state index in [0.717, 1.165) is 11.3 Å². The van der Waals surface area contributed by atoms with Gasteiger partial charge in [0, 0.05) is 34.5 Å². The summed E-state index contributed by atoms with van der Waals surface area (Å²) in [6.45, 7) is 8.29. The van der Waals surface area contributed by atoms with Crippen molar-refractivity contribution in [1.82, 2.24) is 4.98 Å². The summed E-state index contributed by atoms with van der Waals surface area (Å²) in [5.74, 6) is 0.372. The molecular weight excluding hydrogens is 370 g/mol. The van der Waals surface area contributed by atoms with E-state index in [1.165, 1.54) is 0 Å². The van der Waals surface area contributed by atoms with Gasteiger partial charge in [-0.25, -0.2) is 4.98 Å². The van der Waals surface area contributed by atoms with E-state index < -0.39 is 12.2 Å². The van der Waals surface area contributed by atoms with Crippen LogP contribution in [0.1, 0.15) is 48.9 Å². The Labute approximate surface area is 170 Å². The molecule has 0 spiro atoms. The summed E-state index contributed by atoms with van der Waals surface area (Å²) in [7, 11) is 0. The Morgan fingerprint density at radius 2 is 1.93 bits per heavy atom. The number of aryl methyl sites for hydroxylation is 1. The first kappa shape index (κ1) is 20.6. The van der Waals surface area contributed by atoms with Gasteiger partial charge in [0.05, 0.1) is 30.5 Å². The van der Waals surface area contributed by atoms with Gasteiger partial charge in [-0.1, -0.05) is 6.07 Å². The molecule has 0 amide bonds. The Kier molecular flexibility index (Phi) is 6.06. The maximum Gasteiger partial charge on any atom is 0.219 e. The number of anilines is 1. The number of allylic oxidation sites excluding steroid dienone is 1. The van der Waals surface area contributed by atoms with Crippen molar-refractivity contribution in [3.63, 3.8) is 0 Å². The van der Waals surface area contributed by atoms with Crippen LogP contribution in [0.4, 0.5) is 5.69 Å². The van der Waals surface area contributed by atoms with Crippen LogP contribution in [0.3, 0.4) is 0 Å². The number of hydrogen-bond donors (Lipinski definition) is 3. The van der Waals surface area contributed by atoms with Crippen LogP contribution in [0, 0.1) is 18.3 Å². The van der Waals surface area contributed by atoms with Crippen LogP contribution in [-0.4, -0.2) is 34.7 Å². The fraction of sp³-hybridized carbons (Fsp3) is 0.364. The summed E-state index contributed by atoms with van der Waals surface area (Å²) in [6, 6.07) is 7.27. The van der Waals surface area contributed by atoms with Crippen molar-refractivity contribution in [2.75, 3.05) is 18.5 Å². The van der Waals surface area contributed by atoms with E-state index in [1.807, 2.05) is 20.8 Å². The zero-order valence-electron chi connectivity index (χ0n) is 17.0. The third kappa shape index (κ3) is 3.77. The third-order valence-electron chi connectivity index (χ3n) is 4.93. The summed E-state index contributed by atoms with van der Waals surface area (Å²) in [4.78, 5) is 4.44. The standard InChI is InChI=1S/C22H25N3O4/c1-5-28-16-9-14(10-23)7-8-15(16)18-17(22(26)27)13(4)25-20-12(3)11-24-21(19(18)20)29-6-2/h7-9,11,18,22,25-27H,5-6H2,1-4H3/t18-/m1/s1. The average molecular weight is 395 g/mol. The summed E-state index contributed by atoms with van der Waals surface area (Å²) in [5.41, 5.74) is 4.65. The molecular formula is C22H25N3O4.